The van der Waals surface area contributed by atoms with Crippen molar-refractivity contribution in [1.29, 1.82) is 0 Å². The van der Waals surface area contributed by atoms with E-state index < -0.39 is 17.7 Å². The minimum atomic E-state index is -4.47. The van der Waals surface area contributed by atoms with Gasteiger partial charge in [0.1, 0.15) is 0 Å². The number of carbonyl (C=O) groups excluding carboxylic acids is 1. The molecule has 0 saturated heterocycles. The molecule has 6 heteroatoms. The molecule has 0 aromatic heterocycles. The number of fused-ring (bicyclic) bond motifs is 1. The summed E-state index contributed by atoms with van der Waals surface area (Å²) in [4.78, 5) is 11.4. The number of hydrogen-bond acceptors (Lipinski definition) is 3. The van der Waals surface area contributed by atoms with Crippen molar-refractivity contribution in [3.63, 3.8) is 0 Å². The van der Waals surface area contributed by atoms with Gasteiger partial charge in [0.25, 0.3) is 0 Å². The molecule has 1 aliphatic rings. The van der Waals surface area contributed by atoms with Crippen molar-refractivity contribution in [2.75, 3.05) is 19.0 Å². The summed E-state index contributed by atoms with van der Waals surface area (Å²) in [5.41, 5.74) is 0.0958. The van der Waals surface area contributed by atoms with Crippen molar-refractivity contribution in [2.24, 2.45) is 0 Å². The Morgan fingerprint density at radius 2 is 2.12 bits per heavy atom. The van der Waals surface area contributed by atoms with Gasteiger partial charge in [-0.1, -0.05) is 0 Å². The van der Waals surface area contributed by atoms with Gasteiger partial charge >= 0.3 is 12.1 Å². The van der Waals surface area contributed by atoms with E-state index >= 15 is 0 Å². The normalized spacial score (nSPS) is 14.1. The lowest BCUT2D eigenvalue weighted by atomic mass is 10.0. The lowest BCUT2D eigenvalue weighted by Gasteiger charge is -2.12. The van der Waals surface area contributed by atoms with E-state index in [1.165, 1.54) is 0 Å². The average molecular weight is 245 g/mol. The number of methoxy groups -OCH3 is 1. The molecule has 1 aromatic carbocycles. The maximum absolute atomic E-state index is 12.6. The van der Waals surface area contributed by atoms with Crippen LogP contribution in [-0.4, -0.2) is 19.6 Å². The SMILES string of the molecule is COC(=O)c1cc(C(F)(F)F)cc2c1CCN2. The molecule has 0 radical (unpaired) electrons. The molecule has 0 saturated carbocycles. The summed E-state index contributed by atoms with van der Waals surface area (Å²) in [7, 11) is 1.15. The van der Waals surface area contributed by atoms with E-state index in [9.17, 15) is 18.0 Å². The summed E-state index contributed by atoms with van der Waals surface area (Å²) in [5.74, 6) is -0.740. The van der Waals surface area contributed by atoms with Crippen LogP contribution in [0.5, 0.6) is 0 Å². The van der Waals surface area contributed by atoms with E-state index in [0.717, 1.165) is 19.2 Å². The quantitative estimate of drug-likeness (QED) is 0.772. The number of esters is 1. The van der Waals surface area contributed by atoms with E-state index in [4.69, 9.17) is 0 Å². The zero-order valence-electron chi connectivity index (χ0n) is 9.02. The number of rotatable bonds is 1. The molecule has 1 aromatic rings. The first-order valence-corrected chi connectivity index (χ1v) is 5.00. The van der Waals surface area contributed by atoms with Gasteiger partial charge in [0.2, 0.25) is 0 Å². The lowest BCUT2D eigenvalue weighted by molar-refractivity contribution is -0.137. The van der Waals surface area contributed by atoms with Crippen molar-refractivity contribution >= 4 is 11.7 Å². The molecular weight excluding hydrogens is 235 g/mol. The number of halogens is 3. The molecule has 92 valence electrons. The molecule has 0 aliphatic carbocycles. The monoisotopic (exact) mass is 245 g/mol. The van der Waals surface area contributed by atoms with Crippen LogP contribution in [0.3, 0.4) is 0 Å². The number of nitrogens with one attached hydrogen (secondary N) is 1. The van der Waals surface area contributed by atoms with Crippen LogP contribution >= 0.6 is 0 Å². The summed E-state index contributed by atoms with van der Waals surface area (Å²) in [5, 5.41) is 2.82. The molecule has 0 amide bonds. The van der Waals surface area contributed by atoms with E-state index in [2.05, 4.69) is 10.1 Å². The Hall–Kier alpha value is -1.72. The molecule has 3 nitrogen and oxygen atoms in total. The predicted octanol–water partition coefficient (Wildman–Crippen LogP) is 2.46. The molecular formula is C11H10F3NO2. The van der Waals surface area contributed by atoms with Crippen LogP contribution < -0.4 is 5.32 Å². The van der Waals surface area contributed by atoms with Crippen LogP contribution in [0, 0.1) is 0 Å². The summed E-state index contributed by atoms with van der Waals surface area (Å²) in [6, 6.07) is 1.87. The minimum absolute atomic E-state index is 0.0117. The first kappa shape index (κ1) is 11.8. The first-order chi connectivity index (χ1) is 7.93. The van der Waals surface area contributed by atoms with Crippen LogP contribution in [0.1, 0.15) is 21.5 Å². The van der Waals surface area contributed by atoms with Gasteiger partial charge in [-0.05, 0) is 24.1 Å². The van der Waals surface area contributed by atoms with Crippen molar-refractivity contribution in [1.82, 2.24) is 0 Å². The van der Waals surface area contributed by atoms with Crippen molar-refractivity contribution in [3.8, 4) is 0 Å². The molecule has 0 spiro atoms. The third-order valence-corrected chi connectivity index (χ3v) is 2.67. The highest BCUT2D eigenvalue weighted by Gasteiger charge is 2.34. The molecule has 17 heavy (non-hydrogen) atoms. The van der Waals surface area contributed by atoms with Gasteiger partial charge in [-0.3, -0.25) is 0 Å². The fourth-order valence-electron chi connectivity index (χ4n) is 1.88. The number of carbonyl (C=O) groups is 1. The van der Waals surface area contributed by atoms with Crippen LogP contribution in [-0.2, 0) is 17.3 Å². The highest BCUT2D eigenvalue weighted by Crippen LogP contribution is 2.36. The Kier molecular flexibility index (Phi) is 2.73. The predicted molar refractivity (Wildman–Crippen MR) is 55.0 cm³/mol. The van der Waals surface area contributed by atoms with E-state index in [1.807, 2.05) is 0 Å². The second-order valence-electron chi connectivity index (χ2n) is 3.72. The molecule has 0 atom stereocenters. The largest absolute Gasteiger partial charge is 0.465 e. The number of benzene rings is 1. The van der Waals surface area contributed by atoms with Crippen molar-refractivity contribution in [2.45, 2.75) is 12.6 Å². The molecule has 2 rings (SSSR count). The Bertz CT molecular complexity index is 469. The number of hydrogen-bond donors (Lipinski definition) is 1. The maximum Gasteiger partial charge on any atom is 0.416 e. The number of ether oxygens (including phenoxy) is 1. The van der Waals surface area contributed by atoms with Gasteiger partial charge in [-0.25, -0.2) is 4.79 Å². The second-order valence-corrected chi connectivity index (χ2v) is 3.72. The summed E-state index contributed by atoms with van der Waals surface area (Å²) in [6.45, 7) is 0.528. The smallest absolute Gasteiger partial charge is 0.416 e. The first-order valence-electron chi connectivity index (χ1n) is 5.00. The van der Waals surface area contributed by atoms with Gasteiger partial charge in [-0.2, -0.15) is 13.2 Å². The molecule has 0 unspecified atom stereocenters. The Labute approximate surface area is 95.6 Å². The van der Waals surface area contributed by atoms with Crippen molar-refractivity contribution < 1.29 is 22.7 Å². The van der Waals surface area contributed by atoms with Gasteiger partial charge in [0.05, 0.1) is 18.2 Å². The highest BCUT2D eigenvalue weighted by molar-refractivity contribution is 5.93. The number of anilines is 1. The van der Waals surface area contributed by atoms with Crippen LogP contribution in [0.2, 0.25) is 0 Å². The van der Waals surface area contributed by atoms with E-state index in [0.29, 0.717) is 24.2 Å². The molecule has 0 bridgehead atoms. The van der Waals surface area contributed by atoms with Gasteiger partial charge < -0.3 is 10.1 Å². The van der Waals surface area contributed by atoms with Crippen LogP contribution in [0.15, 0.2) is 12.1 Å². The summed E-state index contributed by atoms with van der Waals surface area (Å²) >= 11 is 0. The van der Waals surface area contributed by atoms with Gasteiger partial charge in [0.15, 0.2) is 0 Å². The Morgan fingerprint density at radius 3 is 2.71 bits per heavy atom. The Balaban J connectivity index is 2.58. The highest BCUT2D eigenvalue weighted by atomic mass is 19.4. The fourth-order valence-corrected chi connectivity index (χ4v) is 1.88. The zero-order valence-corrected chi connectivity index (χ0v) is 9.02. The zero-order chi connectivity index (χ0) is 12.6. The minimum Gasteiger partial charge on any atom is -0.465 e. The fraction of sp³-hybridized carbons (Fsp3) is 0.364. The molecule has 1 heterocycles. The standard InChI is InChI=1S/C11H10F3NO2/c1-17-10(16)8-4-6(11(12,13)14)5-9-7(8)2-3-15-9/h4-5,15H,2-3H2,1H3. The maximum atomic E-state index is 12.6. The van der Waals surface area contributed by atoms with E-state index in [-0.39, 0.29) is 5.56 Å². The third kappa shape index (κ3) is 2.07. The van der Waals surface area contributed by atoms with Crippen LogP contribution in [0.4, 0.5) is 18.9 Å². The topological polar surface area (TPSA) is 38.3 Å². The van der Waals surface area contributed by atoms with Crippen molar-refractivity contribution in [3.05, 3.63) is 28.8 Å². The van der Waals surface area contributed by atoms with Gasteiger partial charge in [0, 0.05) is 12.2 Å². The third-order valence-electron chi connectivity index (χ3n) is 2.67. The average Bonchev–Trinajstić information content (AvgIpc) is 2.73. The number of alkyl halides is 3. The summed E-state index contributed by atoms with van der Waals surface area (Å²) in [6.07, 6.45) is -3.94. The van der Waals surface area contributed by atoms with Gasteiger partial charge in [-0.15, -0.1) is 0 Å². The van der Waals surface area contributed by atoms with E-state index in [1.54, 1.807) is 0 Å². The molecule has 0 fully saturated rings. The second kappa shape index (κ2) is 3.94. The Morgan fingerprint density at radius 1 is 1.41 bits per heavy atom. The lowest BCUT2D eigenvalue weighted by Crippen LogP contribution is -2.11. The molecule has 1 N–H and O–H groups in total. The van der Waals surface area contributed by atoms with Crippen LogP contribution in [0.25, 0.3) is 0 Å². The summed E-state index contributed by atoms with van der Waals surface area (Å²) < 4.78 is 42.4. The molecule has 1 aliphatic heterocycles.